The van der Waals surface area contributed by atoms with Crippen LogP contribution in [-0.2, 0) is 0 Å². The highest BCUT2D eigenvalue weighted by Gasteiger charge is 2.08. The molecule has 13 heavy (non-hydrogen) atoms. The van der Waals surface area contributed by atoms with Crippen LogP contribution in [0.4, 0.5) is 0 Å². The first-order valence-corrected chi connectivity index (χ1v) is 5.74. The van der Waals surface area contributed by atoms with Crippen molar-refractivity contribution in [3.8, 4) is 0 Å². The number of thiophene rings is 1. The molecule has 0 saturated heterocycles. The number of carbonyl (C=O) groups is 1. The SMILES string of the molecule is C=C(CC)CC(=O)c1csc(Br)c1. The van der Waals surface area contributed by atoms with E-state index in [-0.39, 0.29) is 5.78 Å². The van der Waals surface area contributed by atoms with Crippen molar-refractivity contribution < 1.29 is 4.79 Å². The summed E-state index contributed by atoms with van der Waals surface area (Å²) in [5, 5.41) is 1.87. The van der Waals surface area contributed by atoms with Gasteiger partial charge in [0.1, 0.15) is 0 Å². The monoisotopic (exact) mass is 258 g/mol. The van der Waals surface area contributed by atoms with Crippen LogP contribution in [0.5, 0.6) is 0 Å². The van der Waals surface area contributed by atoms with Crippen LogP contribution < -0.4 is 0 Å². The average molecular weight is 259 g/mol. The third-order valence-electron chi connectivity index (χ3n) is 1.80. The van der Waals surface area contributed by atoms with E-state index in [2.05, 4.69) is 22.5 Å². The van der Waals surface area contributed by atoms with Gasteiger partial charge >= 0.3 is 0 Å². The average Bonchev–Trinajstić information content (AvgIpc) is 2.51. The van der Waals surface area contributed by atoms with Crippen LogP contribution in [0.25, 0.3) is 0 Å². The lowest BCUT2D eigenvalue weighted by molar-refractivity contribution is 0.0993. The van der Waals surface area contributed by atoms with E-state index in [4.69, 9.17) is 0 Å². The Morgan fingerprint density at radius 3 is 2.85 bits per heavy atom. The maximum Gasteiger partial charge on any atom is 0.167 e. The zero-order valence-electron chi connectivity index (χ0n) is 7.47. The highest BCUT2D eigenvalue weighted by molar-refractivity contribution is 9.11. The molecule has 0 bridgehead atoms. The molecule has 1 aromatic heterocycles. The molecule has 0 amide bonds. The Bertz CT molecular complexity index is 327. The third-order valence-corrected chi connectivity index (χ3v) is 3.30. The van der Waals surface area contributed by atoms with Gasteiger partial charge < -0.3 is 0 Å². The predicted octanol–water partition coefficient (Wildman–Crippen LogP) is 4.05. The molecule has 1 heterocycles. The standard InChI is InChI=1S/C10H11BrOS/c1-3-7(2)4-9(12)8-5-10(11)13-6-8/h5-6H,2-4H2,1H3. The molecule has 3 heteroatoms. The Balaban J connectivity index is 2.64. The van der Waals surface area contributed by atoms with Crippen LogP contribution in [0.15, 0.2) is 27.4 Å². The minimum absolute atomic E-state index is 0.161. The van der Waals surface area contributed by atoms with E-state index in [0.29, 0.717) is 6.42 Å². The van der Waals surface area contributed by atoms with Gasteiger partial charge in [0.05, 0.1) is 3.79 Å². The molecule has 0 aliphatic carbocycles. The van der Waals surface area contributed by atoms with E-state index >= 15 is 0 Å². The van der Waals surface area contributed by atoms with Gasteiger partial charge in [0.2, 0.25) is 0 Å². The zero-order valence-corrected chi connectivity index (χ0v) is 9.87. The van der Waals surface area contributed by atoms with Crippen LogP contribution in [0.2, 0.25) is 0 Å². The molecular formula is C10H11BrOS. The van der Waals surface area contributed by atoms with E-state index in [1.807, 2.05) is 18.4 Å². The first-order chi connectivity index (χ1) is 6.13. The molecule has 0 fully saturated rings. The molecule has 0 radical (unpaired) electrons. The van der Waals surface area contributed by atoms with Crippen molar-refractivity contribution in [2.45, 2.75) is 19.8 Å². The van der Waals surface area contributed by atoms with Gasteiger partial charge in [-0.05, 0) is 28.4 Å². The summed E-state index contributed by atoms with van der Waals surface area (Å²) in [4.78, 5) is 11.6. The molecule has 0 unspecified atom stereocenters. The third kappa shape index (κ3) is 3.08. The number of carbonyl (C=O) groups excluding carboxylic acids is 1. The number of hydrogen-bond acceptors (Lipinski definition) is 2. The molecule has 0 saturated carbocycles. The van der Waals surface area contributed by atoms with Gasteiger partial charge in [-0.25, -0.2) is 0 Å². The second-order valence-corrected chi connectivity index (χ2v) is 5.13. The summed E-state index contributed by atoms with van der Waals surface area (Å²) in [5.74, 6) is 0.161. The number of allylic oxidation sites excluding steroid dienone is 1. The Morgan fingerprint density at radius 2 is 2.38 bits per heavy atom. The largest absolute Gasteiger partial charge is 0.294 e. The van der Waals surface area contributed by atoms with Crippen molar-refractivity contribution in [3.05, 3.63) is 32.9 Å². The van der Waals surface area contributed by atoms with E-state index in [1.54, 1.807) is 0 Å². The normalized spacial score (nSPS) is 10.0. The van der Waals surface area contributed by atoms with E-state index in [1.165, 1.54) is 11.3 Å². The van der Waals surface area contributed by atoms with Crippen molar-refractivity contribution in [1.82, 2.24) is 0 Å². The second kappa shape index (κ2) is 4.72. The number of rotatable bonds is 4. The number of hydrogen-bond donors (Lipinski definition) is 0. The molecule has 1 rings (SSSR count). The summed E-state index contributed by atoms with van der Waals surface area (Å²) in [6.45, 7) is 5.83. The lowest BCUT2D eigenvalue weighted by atomic mass is 10.1. The number of ketones is 1. The van der Waals surface area contributed by atoms with E-state index < -0.39 is 0 Å². The molecular weight excluding hydrogens is 248 g/mol. The minimum atomic E-state index is 0.161. The quantitative estimate of drug-likeness (QED) is 0.589. The highest BCUT2D eigenvalue weighted by Crippen LogP contribution is 2.22. The van der Waals surface area contributed by atoms with Gasteiger partial charge in [-0.1, -0.05) is 19.1 Å². The molecule has 0 aliphatic heterocycles. The molecule has 0 spiro atoms. The van der Waals surface area contributed by atoms with Gasteiger partial charge in [-0.3, -0.25) is 4.79 Å². The molecule has 1 nitrogen and oxygen atoms in total. The summed E-state index contributed by atoms with van der Waals surface area (Å²) in [6.07, 6.45) is 1.34. The number of halogens is 1. The van der Waals surface area contributed by atoms with Crippen LogP contribution in [0.1, 0.15) is 30.1 Å². The maximum absolute atomic E-state index is 11.6. The van der Waals surface area contributed by atoms with Gasteiger partial charge in [-0.2, -0.15) is 0 Å². The van der Waals surface area contributed by atoms with Gasteiger partial charge in [-0.15, -0.1) is 11.3 Å². The lowest BCUT2D eigenvalue weighted by Crippen LogP contribution is -1.97. The molecule has 0 N–H and O–H groups in total. The first kappa shape index (κ1) is 10.7. The fourth-order valence-electron chi connectivity index (χ4n) is 0.910. The summed E-state index contributed by atoms with van der Waals surface area (Å²) in [7, 11) is 0. The summed E-state index contributed by atoms with van der Waals surface area (Å²) in [5.41, 5.74) is 1.78. The minimum Gasteiger partial charge on any atom is -0.294 e. The molecule has 1 aromatic rings. The topological polar surface area (TPSA) is 17.1 Å². The fourth-order valence-corrected chi connectivity index (χ4v) is 2.07. The van der Waals surface area contributed by atoms with Gasteiger partial charge in [0.15, 0.2) is 5.78 Å². The van der Waals surface area contributed by atoms with E-state index in [0.717, 1.165) is 21.3 Å². The predicted molar refractivity (Wildman–Crippen MR) is 60.4 cm³/mol. The Morgan fingerprint density at radius 1 is 1.69 bits per heavy atom. The Labute approximate surface area is 90.6 Å². The van der Waals surface area contributed by atoms with Gasteiger partial charge in [0, 0.05) is 17.4 Å². The molecule has 0 aromatic carbocycles. The Hall–Kier alpha value is -0.410. The number of Topliss-reactive ketones (excluding diaryl/α,β-unsaturated/α-hetero) is 1. The first-order valence-electron chi connectivity index (χ1n) is 4.07. The highest BCUT2D eigenvalue weighted by atomic mass is 79.9. The van der Waals surface area contributed by atoms with Crippen LogP contribution in [-0.4, -0.2) is 5.78 Å². The summed E-state index contributed by atoms with van der Waals surface area (Å²) >= 11 is 4.86. The van der Waals surface area contributed by atoms with Crippen LogP contribution >= 0.6 is 27.3 Å². The van der Waals surface area contributed by atoms with Gasteiger partial charge in [0.25, 0.3) is 0 Å². The fraction of sp³-hybridized carbons (Fsp3) is 0.300. The van der Waals surface area contributed by atoms with Crippen molar-refractivity contribution in [1.29, 1.82) is 0 Å². The smallest absolute Gasteiger partial charge is 0.167 e. The second-order valence-electron chi connectivity index (χ2n) is 2.84. The zero-order chi connectivity index (χ0) is 9.84. The van der Waals surface area contributed by atoms with Crippen LogP contribution in [0, 0.1) is 0 Å². The summed E-state index contributed by atoms with van der Waals surface area (Å²) in [6, 6.07) is 1.86. The van der Waals surface area contributed by atoms with Crippen molar-refractivity contribution in [2.24, 2.45) is 0 Å². The lowest BCUT2D eigenvalue weighted by Gasteiger charge is -1.98. The van der Waals surface area contributed by atoms with Crippen molar-refractivity contribution >= 4 is 33.0 Å². The Kier molecular flexibility index (Phi) is 3.88. The van der Waals surface area contributed by atoms with E-state index in [9.17, 15) is 4.79 Å². The van der Waals surface area contributed by atoms with Crippen LogP contribution in [0.3, 0.4) is 0 Å². The summed E-state index contributed by atoms with van der Waals surface area (Å²) < 4.78 is 0.998. The molecule has 0 atom stereocenters. The van der Waals surface area contributed by atoms with Crippen molar-refractivity contribution in [2.75, 3.05) is 0 Å². The van der Waals surface area contributed by atoms with Crippen molar-refractivity contribution in [3.63, 3.8) is 0 Å². The maximum atomic E-state index is 11.6. The molecule has 0 aliphatic rings. The molecule has 70 valence electrons.